The minimum atomic E-state index is -0.281. The summed E-state index contributed by atoms with van der Waals surface area (Å²) in [4.78, 5) is 11.8. The second-order valence-electron chi connectivity index (χ2n) is 7.42. The van der Waals surface area contributed by atoms with Crippen molar-refractivity contribution in [1.29, 1.82) is 0 Å². The minimum absolute atomic E-state index is 0.191. The fourth-order valence-corrected chi connectivity index (χ4v) is 3.70. The summed E-state index contributed by atoms with van der Waals surface area (Å²) in [5.74, 6) is -0.0964. The molecule has 3 heteroatoms. The van der Waals surface area contributed by atoms with Crippen molar-refractivity contribution in [3.8, 4) is 11.1 Å². The molecule has 0 N–H and O–H groups in total. The third-order valence-electron chi connectivity index (χ3n) is 5.20. The number of hydrogen-bond acceptors (Lipinski definition) is 2. The van der Waals surface area contributed by atoms with E-state index in [1.54, 1.807) is 13.8 Å². The average molecular weight is 354 g/mol. The molecule has 2 aromatic carbocycles. The van der Waals surface area contributed by atoms with Crippen LogP contribution in [0.25, 0.3) is 11.1 Å². The van der Waals surface area contributed by atoms with Gasteiger partial charge in [-0.25, -0.2) is 4.39 Å². The third kappa shape index (κ3) is 3.82. The Balaban J connectivity index is 2.03. The summed E-state index contributed by atoms with van der Waals surface area (Å²) in [6, 6.07) is 10.3. The maximum atomic E-state index is 14.8. The van der Waals surface area contributed by atoms with Crippen LogP contribution in [0.2, 0.25) is 0 Å². The topological polar surface area (TPSA) is 26.3 Å². The van der Waals surface area contributed by atoms with Gasteiger partial charge in [-0.05, 0) is 91.0 Å². The van der Waals surface area contributed by atoms with E-state index >= 15 is 0 Å². The van der Waals surface area contributed by atoms with E-state index in [1.165, 1.54) is 29.5 Å². The van der Waals surface area contributed by atoms with Crippen LogP contribution in [0.15, 0.2) is 30.3 Å². The molecule has 1 aliphatic carbocycles. The Labute approximate surface area is 155 Å². The number of esters is 1. The minimum Gasteiger partial charge on any atom is -0.466 e. The average Bonchev–Trinajstić information content (AvgIpc) is 3.42. The standard InChI is InChI=1S/C23H27FO2/c1-5-26-21(25)12-15(3)20-13-18(11-16(4)23(20)24)22-14(2)7-6-8-19(22)17-9-10-17/h6-8,11,13,15,17H,5,9-10,12H2,1-4H3/t15-/m0/s1. The molecule has 3 rings (SSSR count). The lowest BCUT2D eigenvalue weighted by Crippen LogP contribution is -2.10. The van der Waals surface area contributed by atoms with Crippen molar-refractivity contribution in [3.05, 3.63) is 58.4 Å². The molecule has 0 aromatic heterocycles. The molecule has 1 fully saturated rings. The van der Waals surface area contributed by atoms with Gasteiger partial charge in [-0.3, -0.25) is 4.79 Å². The zero-order chi connectivity index (χ0) is 18.8. The molecule has 0 unspecified atom stereocenters. The molecular formula is C23H27FO2. The van der Waals surface area contributed by atoms with Crippen molar-refractivity contribution < 1.29 is 13.9 Å². The molecule has 0 aliphatic heterocycles. The van der Waals surface area contributed by atoms with Gasteiger partial charge in [0.25, 0.3) is 0 Å². The van der Waals surface area contributed by atoms with Crippen molar-refractivity contribution in [2.45, 2.75) is 58.8 Å². The summed E-state index contributed by atoms with van der Waals surface area (Å²) in [5, 5.41) is 0. The second kappa shape index (κ2) is 7.61. The zero-order valence-electron chi connectivity index (χ0n) is 16.1. The van der Waals surface area contributed by atoms with E-state index in [4.69, 9.17) is 4.74 Å². The van der Waals surface area contributed by atoms with Crippen LogP contribution in [-0.4, -0.2) is 12.6 Å². The molecule has 2 nitrogen and oxygen atoms in total. The predicted octanol–water partition coefficient (Wildman–Crippen LogP) is 6.04. The molecule has 1 atom stereocenters. The van der Waals surface area contributed by atoms with Crippen molar-refractivity contribution in [1.82, 2.24) is 0 Å². The van der Waals surface area contributed by atoms with Crippen LogP contribution in [0.3, 0.4) is 0 Å². The van der Waals surface area contributed by atoms with Gasteiger partial charge in [0.05, 0.1) is 13.0 Å². The summed E-state index contributed by atoms with van der Waals surface area (Å²) < 4.78 is 19.8. The number of carbonyl (C=O) groups excluding carboxylic acids is 1. The van der Waals surface area contributed by atoms with Crippen LogP contribution in [0.4, 0.5) is 4.39 Å². The Morgan fingerprint density at radius 2 is 1.96 bits per heavy atom. The van der Waals surface area contributed by atoms with E-state index in [2.05, 4.69) is 25.1 Å². The SMILES string of the molecule is CCOC(=O)C[C@H](C)c1cc(-c2c(C)cccc2C2CC2)cc(C)c1F. The van der Waals surface area contributed by atoms with Crippen LogP contribution in [-0.2, 0) is 9.53 Å². The first-order valence-corrected chi connectivity index (χ1v) is 9.47. The lowest BCUT2D eigenvalue weighted by molar-refractivity contribution is -0.143. The van der Waals surface area contributed by atoms with Crippen molar-refractivity contribution in [2.24, 2.45) is 0 Å². The van der Waals surface area contributed by atoms with Gasteiger partial charge in [0.1, 0.15) is 5.82 Å². The number of carbonyl (C=O) groups is 1. The van der Waals surface area contributed by atoms with E-state index in [9.17, 15) is 9.18 Å². The van der Waals surface area contributed by atoms with Crippen LogP contribution < -0.4 is 0 Å². The molecule has 0 radical (unpaired) electrons. The molecular weight excluding hydrogens is 327 g/mol. The van der Waals surface area contributed by atoms with E-state index in [0.29, 0.717) is 23.7 Å². The summed E-state index contributed by atoms with van der Waals surface area (Å²) in [5.41, 5.74) is 6.07. The van der Waals surface area contributed by atoms with Gasteiger partial charge in [0.2, 0.25) is 0 Å². The zero-order valence-corrected chi connectivity index (χ0v) is 16.1. The Morgan fingerprint density at radius 3 is 2.62 bits per heavy atom. The van der Waals surface area contributed by atoms with Crippen LogP contribution in [0.5, 0.6) is 0 Å². The fourth-order valence-electron chi connectivity index (χ4n) is 3.70. The van der Waals surface area contributed by atoms with E-state index in [0.717, 1.165) is 5.56 Å². The molecule has 0 saturated heterocycles. The smallest absolute Gasteiger partial charge is 0.306 e. The molecule has 0 spiro atoms. The van der Waals surface area contributed by atoms with Crippen molar-refractivity contribution in [3.63, 3.8) is 0 Å². The highest BCUT2D eigenvalue weighted by molar-refractivity contribution is 5.74. The van der Waals surface area contributed by atoms with E-state index in [1.807, 2.05) is 19.1 Å². The van der Waals surface area contributed by atoms with Gasteiger partial charge in [0, 0.05) is 0 Å². The Morgan fingerprint density at radius 1 is 1.23 bits per heavy atom. The maximum Gasteiger partial charge on any atom is 0.306 e. The summed E-state index contributed by atoms with van der Waals surface area (Å²) >= 11 is 0. The Kier molecular flexibility index (Phi) is 5.45. The molecule has 2 aromatic rings. The van der Waals surface area contributed by atoms with E-state index < -0.39 is 0 Å². The quantitative estimate of drug-likeness (QED) is 0.591. The van der Waals surface area contributed by atoms with Crippen LogP contribution >= 0.6 is 0 Å². The number of ether oxygens (including phenoxy) is 1. The molecule has 138 valence electrons. The highest BCUT2D eigenvalue weighted by atomic mass is 19.1. The summed E-state index contributed by atoms with van der Waals surface area (Å²) in [6.07, 6.45) is 2.64. The first-order chi connectivity index (χ1) is 12.4. The summed E-state index contributed by atoms with van der Waals surface area (Å²) in [7, 11) is 0. The molecule has 0 heterocycles. The Bertz CT molecular complexity index is 821. The van der Waals surface area contributed by atoms with Gasteiger partial charge >= 0.3 is 5.97 Å². The lowest BCUT2D eigenvalue weighted by Gasteiger charge is -2.18. The summed E-state index contributed by atoms with van der Waals surface area (Å²) in [6.45, 7) is 7.93. The van der Waals surface area contributed by atoms with Crippen molar-refractivity contribution >= 4 is 5.97 Å². The highest BCUT2D eigenvalue weighted by Gasteiger charge is 2.27. The van der Waals surface area contributed by atoms with Gasteiger partial charge in [0.15, 0.2) is 0 Å². The molecule has 1 saturated carbocycles. The number of hydrogen-bond donors (Lipinski definition) is 0. The third-order valence-corrected chi connectivity index (χ3v) is 5.20. The largest absolute Gasteiger partial charge is 0.466 e. The number of aryl methyl sites for hydroxylation is 2. The van der Waals surface area contributed by atoms with E-state index in [-0.39, 0.29) is 24.1 Å². The number of benzene rings is 2. The van der Waals surface area contributed by atoms with Crippen LogP contribution in [0.1, 0.15) is 67.2 Å². The first kappa shape index (κ1) is 18.6. The van der Waals surface area contributed by atoms with Gasteiger partial charge < -0.3 is 4.74 Å². The first-order valence-electron chi connectivity index (χ1n) is 9.47. The Hall–Kier alpha value is -2.16. The number of halogens is 1. The predicted molar refractivity (Wildman–Crippen MR) is 103 cm³/mol. The van der Waals surface area contributed by atoms with Crippen molar-refractivity contribution in [2.75, 3.05) is 6.61 Å². The monoisotopic (exact) mass is 354 g/mol. The van der Waals surface area contributed by atoms with Gasteiger partial charge in [-0.1, -0.05) is 25.1 Å². The number of rotatable bonds is 6. The lowest BCUT2D eigenvalue weighted by atomic mass is 9.87. The highest BCUT2D eigenvalue weighted by Crippen LogP contribution is 2.46. The van der Waals surface area contributed by atoms with Gasteiger partial charge in [-0.2, -0.15) is 0 Å². The molecule has 0 bridgehead atoms. The normalized spacial score (nSPS) is 15.0. The molecule has 0 amide bonds. The maximum absolute atomic E-state index is 14.8. The fraction of sp³-hybridized carbons (Fsp3) is 0.435. The molecule has 1 aliphatic rings. The second-order valence-corrected chi connectivity index (χ2v) is 7.42. The van der Waals surface area contributed by atoms with Crippen LogP contribution in [0, 0.1) is 19.7 Å². The molecule has 26 heavy (non-hydrogen) atoms. The van der Waals surface area contributed by atoms with Gasteiger partial charge in [-0.15, -0.1) is 0 Å².